The molecule has 27 heavy (non-hydrogen) atoms. The van der Waals surface area contributed by atoms with Crippen LogP contribution in [0.4, 0.5) is 8.78 Å². The molecular formula is C15H19F2N3O6S. The molecule has 3 N–H and O–H groups in total. The quantitative estimate of drug-likeness (QED) is 0.516. The first-order valence-corrected chi connectivity index (χ1v) is 9.46. The predicted octanol–water partition coefficient (Wildman–Crippen LogP) is -1.07. The Bertz CT molecular complexity index is 805. The fraction of sp³-hybridized carbons (Fsp3) is 0.467. The van der Waals surface area contributed by atoms with Crippen molar-refractivity contribution in [1.82, 2.24) is 14.9 Å². The van der Waals surface area contributed by atoms with Crippen molar-refractivity contribution in [1.29, 1.82) is 0 Å². The second-order valence-electron chi connectivity index (χ2n) is 5.56. The summed E-state index contributed by atoms with van der Waals surface area (Å²) in [7, 11) is -4.44. The summed E-state index contributed by atoms with van der Waals surface area (Å²) in [5.74, 6) is -4.09. The monoisotopic (exact) mass is 407 g/mol. The summed E-state index contributed by atoms with van der Waals surface area (Å²) in [4.78, 5) is 22.3. The number of carbonyl (C=O) groups excluding carboxylic acids is 2. The van der Waals surface area contributed by atoms with Gasteiger partial charge in [0.15, 0.2) is 0 Å². The molecule has 1 atom stereocenters. The zero-order valence-corrected chi connectivity index (χ0v) is 15.0. The summed E-state index contributed by atoms with van der Waals surface area (Å²) < 4.78 is 58.9. The van der Waals surface area contributed by atoms with Crippen LogP contribution in [0.5, 0.6) is 0 Å². The molecule has 0 aliphatic carbocycles. The van der Waals surface area contributed by atoms with Crippen molar-refractivity contribution in [2.45, 2.75) is 17.5 Å². The summed E-state index contributed by atoms with van der Waals surface area (Å²) in [6, 6.07) is 2.07. The van der Waals surface area contributed by atoms with Crippen LogP contribution < -0.4 is 10.6 Å². The Labute approximate surface area is 154 Å². The van der Waals surface area contributed by atoms with Crippen LogP contribution in [0.2, 0.25) is 0 Å². The summed E-state index contributed by atoms with van der Waals surface area (Å²) in [5, 5.41) is 13.0. The minimum absolute atomic E-state index is 0.0322. The van der Waals surface area contributed by atoms with Gasteiger partial charge in [0.1, 0.15) is 22.8 Å². The zero-order chi connectivity index (χ0) is 20.0. The molecule has 0 saturated carbocycles. The van der Waals surface area contributed by atoms with Crippen LogP contribution in [-0.2, 0) is 24.3 Å². The van der Waals surface area contributed by atoms with Crippen LogP contribution in [0.1, 0.15) is 6.42 Å². The maximum Gasteiger partial charge on any atom is 0.309 e. The van der Waals surface area contributed by atoms with Crippen molar-refractivity contribution in [3.8, 4) is 0 Å². The Hall–Kier alpha value is -2.15. The third kappa shape index (κ3) is 5.19. The highest BCUT2D eigenvalue weighted by Gasteiger charge is 2.36. The van der Waals surface area contributed by atoms with Crippen LogP contribution in [-0.4, -0.2) is 68.7 Å². The van der Waals surface area contributed by atoms with Gasteiger partial charge in [-0.25, -0.2) is 17.2 Å². The highest BCUT2D eigenvalue weighted by atomic mass is 32.2. The van der Waals surface area contributed by atoms with E-state index >= 15 is 0 Å². The summed E-state index contributed by atoms with van der Waals surface area (Å²) in [6.45, 7) is -0.687. The Kier molecular flexibility index (Phi) is 7.18. The van der Waals surface area contributed by atoms with Gasteiger partial charge in [0.05, 0.1) is 19.8 Å². The van der Waals surface area contributed by atoms with Crippen molar-refractivity contribution in [3.63, 3.8) is 0 Å². The molecule has 1 aromatic carbocycles. The van der Waals surface area contributed by atoms with Gasteiger partial charge in [0, 0.05) is 13.1 Å². The second kappa shape index (κ2) is 9.17. The highest BCUT2D eigenvalue weighted by Crippen LogP contribution is 2.24. The summed E-state index contributed by atoms with van der Waals surface area (Å²) in [6.07, 6.45) is -0.876. The third-order valence-corrected chi connectivity index (χ3v) is 5.58. The van der Waals surface area contributed by atoms with E-state index in [2.05, 4.69) is 10.6 Å². The first kappa shape index (κ1) is 21.2. The molecule has 12 heteroatoms. The molecule has 1 aromatic rings. The van der Waals surface area contributed by atoms with Crippen LogP contribution in [0, 0.1) is 11.6 Å². The Morgan fingerprint density at radius 2 is 1.96 bits per heavy atom. The van der Waals surface area contributed by atoms with Gasteiger partial charge in [-0.15, -0.1) is 0 Å². The maximum atomic E-state index is 13.9. The van der Waals surface area contributed by atoms with Crippen molar-refractivity contribution in [3.05, 3.63) is 29.8 Å². The number of benzene rings is 1. The van der Waals surface area contributed by atoms with Crippen molar-refractivity contribution >= 4 is 21.8 Å². The van der Waals surface area contributed by atoms with Gasteiger partial charge in [-0.3, -0.25) is 9.59 Å². The molecule has 2 amide bonds. The number of sulfonamides is 1. The molecule has 1 fully saturated rings. The van der Waals surface area contributed by atoms with Crippen LogP contribution in [0.25, 0.3) is 0 Å². The minimum atomic E-state index is -4.44. The average molecular weight is 407 g/mol. The van der Waals surface area contributed by atoms with Gasteiger partial charge in [0.25, 0.3) is 0 Å². The van der Waals surface area contributed by atoms with Gasteiger partial charge in [-0.1, -0.05) is 0 Å². The number of carbonyl (C=O) groups is 2. The van der Waals surface area contributed by atoms with Gasteiger partial charge in [-0.05, 0) is 24.6 Å². The maximum absolute atomic E-state index is 13.9. The number of hydrogen-bond acceptors (Lipinski definition) is 6. The third-order valence-electron chi connectivity index (χ3n) is 3.67. The van der Waals surface area contributed by atoms with Crippen molar-refractivity contribution in [2.24, 2.45) is 0 Å². The van der Waals surface area contributed by atoms with E-state index in [1.165, 1.54) is 0 Å². The topological polar surface area (TPSA) is 125 Å². The van der Waals surface area contributed by atoms with Crippen LogP contribution >= 0.6 is 0 Å². The fourth-order valence-corrected chi connectivity index (χ4v) is 4.06. The second-order valence-corrected chi connectivity index (χ2v) is 7.42. The molecule has 1 aliphatic rings. The minimum Gasteiger partial charge on any atom is -0.395 e. The number of aliphatic hydroxyl groups excluding tert-OH is 1. The molecule has 9 nitrogen and oxygen atoms in total. The van der Waals surface area contributed by atoms with E-state index in [1.807, 2.05) is 0 Å². The lowest BCUT2D eigenvalue weighted by molar-refractivity contribution is -0.140. The van der Waals surface area contributed by atoms with Crippen LogP contribution in [0.3, 0.4) is 0 Å². The number of hydrogen-bond donors (Lipinski definition) is 3. The lowest BCUT2D eigenvalue weighted by Gasteiger charge is -2.34. The molecule has 150 valence electrons. The molecular weight excluding hydrogens is 388 g/mol. The van der Waals surface area contributed by atoms with Crippen molar-refractivity contribution in [2.75, 3.05) is 32.8 Å². The Morgan fingerprint density at radius 1 is 1.26 bits per heavy atom. The molecule has 1 heterocycles. The molecule has 0 aromatic heterocycles. The zero-order valence-electron chi connectivity index (χ0n) is 14.2. The normalized spacial score (nSPS) is 18.1. The van der Waals surface area contributed by atoms with E-state index in [0.29, 0.717) is 18.6 Å². The molecule has 0 unspecified atom stereocenters. The van der Waals surface area contributed by atoms with Gasteiger partial charge < -0.3 is 20.5 Å². The Balaban J connectivity index is 2.13. The Morgan fingerprint density at radius 3 is 2.67 bits per heavy atom. The van der Waals surface area contributed by atoms with E-state index in [1.54, 1.807) is 0 Å². The SMILES string of the molecule is O=C(NCCO)C(=O)NC[C@@H]1OCCCN1S(=O)(=O)c1cc(F)ccc1F. The molecule has 1 aliphatic heterocycles. The average Bonchev–Trinajstić information content (AvgIpc) is 2.66. The van der Waals surface area contributed by atoms with E-state index < -0.39 is 44.6 Å². The standard InChI is InChI=1S/C15H19F2N3O6S/c16-10-2-3-11(17)12(8-10)27(24,25)20-5-1-7-26-13(20)9-19-15(23)14(22)18-4-6-21/h2-3,8,13,21H,1,4-7,9H2,(H,18,22)(H,19,23)/t13-/m0/s1. The molecule has 0 radical (unpaired) electrons. The summed E-state index contributed by atoms with van der Waals surface area (Å²) in [5.41, 5.74) is 0. The van der Waals surface area contributed by atoms with E-state index in [4.69, 9.17) is 9.84 Å². The van der Waals surface area contributed by atoms with Gasteiger partial charge in [-0.2, -0.15) is 4.31 Å². The molecule has 1 saturated heterocycles. The predicted molar refractivity (Wildman–Crippen MR) is 87.7 cm³/mol. The number of nitrogens with one attached hydrogen (secondary N) is 2. The van der Waals surface area contributed by atoms with E-state index in [-0.39, 0.29) is 32.8 Å². The lowest BCUT2D eigenvalue weighted by Crippen LogP contribution is -2.53. The molecule has 0 spiro atoms. The molecule has 2 rings (SSSR count). The molecule has 0 bridgehead atoms. The number of rotatable bonds is 6. The van der Waals surface area contributed by atoms with E-state index in [0.717, 1.165) is 10.4 Å². The lowest BCUT2D eigenvalue weighted by atomic mass is 10.3. The van der Waals surface area contributed by atoms with Gasteiger partial charge >= 0.3 is 11.8 Å². The first-order chi connectivity index (χ1) is 12.8. The number of halogens is 2. The fourth-order valence-electron chi connectivity index (χ4n) is 2.41. The number of aliphatic hydroxyl groups is 1. The number of amides is 2. The number of nitrogens with zero attached hydrogens (tertiary/aromatic N) is 1. The van der Waals surface area contributed by atoms with Gasteiger partial charge in [0.2, 0.25) is 10.0 Å². The smallest absolute Gasteiger partial charge is 0.309 e. The highest BCUT2D eigenvalue weighted by molar-refractivity contribution is 7.89. The summed E-state index contributed by atoms with van der Waals surface area (Å²) >= 11 is 0. The first-order valence-electron chi connectivity index (χ1n) is 8.02. The van der Waals surface area contributed by atoms with Crippen molar-refractivity contribution < 1.29 is 36.6 Å². The number of ether oxygens (including phenoxy) is 1. The largest absolute Gasteiger partial charge is 0.395 e. The van der Waals surface area contributed by atoms with Crippen LogP contribution in [0.15, 0.2) is 23.1 Å². The van der Waals surface area contributed by atoms with E-state index in [9.17, 15) is 26.8 Å².